The summed E-state index contributed by atoms with van der Waals surface area (Å²) in [5, 5.41) is 3.05. The Morgan fingerprint density at radius 1 is 0.952 bits per heavy atom. The summed E-state index contributed by atoms with van der Waals surface area (Å²) < 4.78 is 13.3. The Kier molecular flexibility index (Phi) is 6.93. The van der Waals surface area contributed by atoms with E-state index in [2.05, 4.69) is 55.5 Å². The number of amides is 2. The monoisotopic (exact) mass is 619 g/mol. The number of halogens is 1. The van der Waals surface area contributed by atoms with E-state index in [9.17, 15) is 4.79 Å². The number of H-pyrrole nitrogens is 1. The predicted molar refractivity (Wildman–Crippen MR) is 165 cm³/mol. The minimum atomic E-state index is -0.677. The fraction of sp³-hybridized carbons (Fsp3) is 0.121. The number of hydrogen-bond acceptors (Lipinski definition) is 5. The number of aliphatic imine (C=N–C) groups is 1. The SMILES string of the molecule is O=C1NC(=NC(Cc2ccccc2)c2ccccc2)C(C2=COC(c3ccccc3Br)O2)N1c1ccc2[nH]cnc2c1. The highest BCUT2D eigenvalue weighted by molar-refractivity contribution is 9.10. The molecule has 0 radical (unpaired) electrons. The van der Waals surface area contributed by atoms with Crippen molar-refractivity contribution in [3.63, 3.8) is 0 Å². The summed E-state index contributed by atoms with van der Waals surface area (Å²) in [4.78, 5) is 28.0. The average molecular weight is 621 g/mol. The van der Waals surface area contributed by atoms with E-state index in [0.717, 1.165) is 32.2 Å². The molecule has 2 aliphatic rings. The molecule has 2 aliphatic heterocycles. The number of carbonyl (C=O) groups excluding carboxylic acids is 1. The fourth-order valence-corrected chi connectivity index (χ4v) is 5.81. The van der Waals surface area contributed by atoms with E-state index in [0.29, 0.717) is 23.7 Å². The van der Waals surface area contributed by atoms with E-state index in [1.165, 1.54) is 0 Å². The molecule has 8 nitrogen and oxygen atoms in total. The molecule has 0 spiro atoms. The van der Waals surface area contributed by atoms with Crippen LogP contribution in [0.15, 0.2) is 131 Å². The Balaban J connectivity index is 1.30. The molecule has 3 atom stereocenters. The summed E-state index contributed by atoms with van der Waals surface area (Å²) in [6.07, 6.45) is 3.21. The zero-order valence-corrected chi connectivity index (χ0v) is 23.9. The van der Waals surface area contributed by atoms with Gasteiger partial charge in [0.2, 0.25) is 0 Å². The third-order valence-electron chi connectivity index (χ3n) is 7.38. The largest absolute Gasteiger partial charge is 0.455 e. The second-order valence-corrected chi connectivity index (χ2v) is 10.9. The first-order valence-corrected chi connectivity index (χ1v) is 14.4. The average Bonchev–Trinajstić information content (AvgIpc) is 3.76. The van der Waals surface area contributed by atoms with Gasteiger partial charge in [-0.05, 0) is 41.8 Å². The van der Waals surface area contributed by atoms with Crippen LogP contribution in [0, 0.1) is 0 Å². The van der Waals surface area contributed by atoms with Crippen LogP contribution < -0.4 is 10.2 Å². The molecular formula is C33H26BrN5O3. The van der Waals surface area contributed by atoms with Crippen LogP contribution in [-0.2, 0) is 15.9 Å². The summed E-state index contributed by atoms with van der Waals surface area (Å²) in [5.74, 6) is 0.955. The molecule has 7 rings (SSSR count). The van der Waals surface area contributed by atoms with Crippen LogP contribution in [0.25, 0.3) is 11.0 Å². The smallest absolute Gasteiger partial charge is 0.328 e. The van der Waals surface area contributed by atoms with Crippen LogP contribution in [-0.4, -0.2) is 27.9 Å². The Hall–Kier alpha value is -4.89. The molecule has 2 amide bonds. The molecule has 1 aromatic heterocycles. The number of urea groups is 1. The highest BCUT2D eigenvalue weighted by Gasteiger charge is 2.44. The molecule has 1 fully saturated rings. The number of nitrogens with one attached hydrogen (secondary N) is 2. The van der Waals surface area contributed by atoms with Crippen molar-refractivity contribution in [3.8, 4) is 0 Å². The molecule has 3 unspecified atom stereocenters. The number of nitrogens with zero attached hydrogens (tertiary/aromatic N) is 3. The number of amidine groups is 1. The quantitative estimate of drug-likeness (QED) is 0.202. The van der Waals surface area contributed by atoms with Crippen molar-refractivity contribution < 1.29 is 14.3 Å². The molecule has 208 valence electrons. The Morgan fingerprint density at radius 3 is 2.52 bits per heavy atom. The summed E-state index contributed by atoms with van der Waals surface area (Å²) in [5.41, 5.74) is 5.32. The van der Waals surface area contributed by atoms with Crippen molar-refractivity contribution >= 4 is 44.5 Å². The highest BCUT2D eigenvalue weighted by Crippen LogP contribution is 2.38. The van der Waals surface area contributed by atoms with Gasteiger partial charge in [-0.1, -0.05) is 94.8 Å². The maximum atomic E-state index is 13.7. The summed E-state index contributed by atoms with van der Waals surface area (Å²) >= 11 is 3.60. The van der Waals surface area contributed by atoms with Crippen molar-refractivity contribution in [2.45, 2.75) is 24.8 Å². The van der Waals surface area contributed by atoms with Gasteiger partial charge in [0.15, 0.2) is 11.8 Å². The number of hydrogen-bond donors (Lipinski definition) is 2. The number of benzene rings is 4. The number of ether oxygens (including phenoxy) is 2. The Labute approximate surface area is 250 Å². The second-order valence-electron chi connectivity index (χ2n) is 10.1. The number of aromatic nitrogens is 2. The van der Waals surface area contributed by atoms with Crippen LogP contribution in [0.1, 0.15) is 29.0 Å². The Bertz CT molecular complexity index is 1800. The number of fused-ring (bicyclic) bond motifs is 1. The van der Waals surface area contributed by atoms with Crippen molar-refractivity contribution in [2.75, 3.05) is 4.90 Å². The van der Waals surface area contributed by atoms with E-state index in [1.807, 2.05) is 78.9 Å². The first kappa shape index (κ1) is 26.0. The van der Waals surface area contributed by atoms with E-state index in [1.54, 1.807) is 17.5 Å². The van der Waals surface area contributed by atoms with Gasteiger partial charge >= 0.3 is 6.03 Å². The minimum Gasteiger partial charge on any atom is -0.455 e. The summed E-state index contributed by atoms with van der Waals surface area (Å²) in [6.45, 7) is 0. The number of imidazole rings is 1. The van der Waals surface area contributed by atoms with Gasteiger partial charge in [-0.15, -0.1) is 0 Å². The maximum absolute atomic E-state index is 13.7. The molecule has 5 aromatic rings. The molecule has 9 heteroatoms. The minimum absolute atomic E-state index is 0.248. The van der Waals surface area contributed by atoms with Gasteiger partial charge in [0, 0.05) is 15.7 Å². The zero-order chi connectivity index (χ0) is 28.5. The van der Waals surface area contributed by atoms with Crippen molar-refractivity contribution in [3.05, 3.63) is 143 Å². The van der Waals surface area contributed by atoms with Crippen LogP contribution in [0.3, 0.4) is 0 Å². The van der Waals surface area contributed by atoms with Gasteiger partial charge in [0.1, 0.15) is 12.1 Å². The number of anilines is 1. The Morgan fingerprint density at radius 2 is 1.71 bits per heavy atom. The molecular weight excluding hydrogens is 594 g/mol. The van der Waals surface area contributed by atoms with Crippen LogP contribution >= 0.6 is 15.9 Å². The fourth-order valence-electron chi connectivity index (χ4n) is 5.34. The number of carbonyl (C=O) groups is 1. The van der Waals surface area contributed by atoms with E-state index < -0.39 is 12.3 Å². The second kappa shape index (κ2) is 11.2. The van der Waals surface area contributed by atoms with E-state index in [4.69, 9.17) is 14.5 Å². The van der Waals surface area contributed by atoms with Gasteiger partial charge in [0.05, 0.1) is 23.4 Å². The first-order chi connectivity index (χ1) is 20.6. The van der Waals surface area contributed by atoms with Gasteiger partial charge in [0.25, 0.3) is 6.29 Å². The van der Waals surface area contributed by atoms with Crippen LogP contribution in [0.2, 0.25) is 0 Å². The standard InChI is InChI=1S/C33H26BrN5O3/c34-25-14-8-7-13-24(25)32-41-19-29(42-32)30-31(38-33(40)39(30)23-15-16-26-28(18-23)36-20-35-26)37-27(22-11-5-2-6-12-22)17-21-9-3-1-4-10-21/h1-16,18-20,27,30,32H,17H2,(H,35,36)(H,37,38,40). The van der Waals surface area contributed by atoms with Crippen LogP contribution in [0.5, 0.6) is 0 Å². The van der Waals surface area contributed by atoms with Crippen molar-refractivity contribution in [1.82, 2.24) is 15.3 Å². The normalized spacial score (nSPS) is 19.8. The van der Waals surface area contributed by atoms with Gasteiger partial charge < -0.3 is 14.5 Å². The number of aromatic amines is 1. The van der Waals surface area contributed by atoms with Crippen molar-refractivity contribution in [2.24, 2.45) is 4.99 Å². The third kappa shape index (κ3) is 5.03. The molecule has 0 saturated carbocycles. The molecule has 4 aromatic carbocycles. The lowest BCUT2D eigenvalue weighted by molar-refractivity contribution is -0.0357. The highest BCUT2D eigenvalue weighted by atomic mass is 79.9. The predicted octanol–water partition coefficient (Wildman–Crippen LogP) is 7.19. The summed E-state index contributed by atoms with van der Waals surface area (Å²) in [7, 11) is 0. The third-order valence-corrected chi connectivity index (χ3v) is 8.11. The maximum Gasteiger partial charge on any atom is 0.328 e. The molecule has 1 saturated heterocycles. The van der Waals surface area contributed by atoms with Gasteiger partial charge in [-0.2, -0.15) is 0 Å². The lowest BCUT2D eigenvalue weighted by Crippen LogP contribution is -2.37. The molecule has 2 N–H and O–H groups in total. The summed E-state index contributed by atoms with van der Waals surface area (Å²) in [6, 6.07) is 32.5. The molecule has 3 heterocycles. The number of rotatable bonds is 7. The van der Waals surface area contributed by atoms with E-state index >= 15 is 0 Å². The van der Waals surface area contributed by atoms with Gasteiger partial charge in [-0.3, -0.25) is 15.2 Å². The molecule has 0 aliphatic carbocycles. The lowest BCUT2D eigenvalue weighted by atomic mass is 9.99. The zero-order valence-electron chi connectivity index (χ0n) is 22.4. The van der Waals surface area contributed by atoms with Gasteiger partial charge in [-0.25, -0.2) is 9.78 Å². The topological polar surface area (TPSA) is 91.8 Å². The van der Waals surface area contributed by atoms with Crippen LogP contribution in [0.4, 0.5) is 10.5 Å². The lowest BCUT2D eigenvalue weighted by Gasteiger charge is -2.24. The first-order valence-electron chi connectivity index (χ1n) is 13.6. The van der Waals surface area contributed by atoms with E-state index in [-0.39, 0.29) is 12.1 Å². The van der Waals surface area contributed by atoms with Crippen molar-refractivity contribution in [1.29, 1.82) is 0 Å². The molecule has 42 heavy (non-hydrogen) atoms. The molecule has 0 bridgehead atoms.